The fourth-order valence-electron chi connectivity index (χ4n) is 2.73. The molecule has 2 aliphatic carbocycles. The van der Waals surface area contributed by atoms with Crippen molar-refractivity contribution in [2.45, 2.75) is 43.4 Å². The summed E-state index contributed by atoms with van der Waals surface area (Å²) in [5.74, 6) is 0. The highest BCUT2D eigenvalue weighted by Gasteiger charge is 2.64. The van der Waals surface area contributed by atoms with Crippen molar-refractivity contribution in [3.05, 3.63) is 33.8 Å². The molecule has 1 nitrogen and oxygen atoms in total. The van der Waals surface area contributed by atoms with Gasteiger partial charge in [-0.2, -0.15) is 13.2 Å². The van der Waals surface area contributed by atoms with E-state index in [1.54, 1.807) is 0 Å². The molecule has 98 valence electrons. The molecular formula is C13H13BrF3N. The smallest absolute Gasteiger partial charge is 0.297 e. The summed E-state index contributed by atoms with van der Waals surface area (Å²) in [5.41, 5.74) is 0.537. The monoisotopic (exact) mass is 319 g/mol. The van der Waals surface area contributed by atoms with Crippen molar-refractivity contribution < 1.29 is 13.2 Å². The van der Waals surface area contributed by atoms with Crippen LogP contribution in [0.1, 0.15) is 36.4 Å². The minimum atomic E-state index is -4.14. The summed E-state index contributed by atoms with van der Waals surface area (Å²) >= 11 is 3.46. The van der Waals surface area contributed by atoms with Crippen molar-refractivity contribution in [1.82, 2.24) is 5.32 Å². The van der Waals surface area contributed by atoms with Gasteiger partial charge in [0.1, 0.15) is 5.54 Å². The Labute approximate surface area is 112 Å². The van der Waals surface area contributed by atoms with E-state index in [4.69, 9.17) is 0 Å². The van der Waals surface area contributed by atoms with Gasteiger partial charge >= 0.3 is 6.18 Å². The molecule has 0 aliphatic heterocycles. The van der Waals surface area contributed by atoms with Gasteiger partial charge in [0.15, 0.2) is 0 Å². The highest BCUT2D eigenvalue weighted by molar-refractivity contribution is 9.10. The minimum Gasteiger partial charge on any atom is -0.297 e. The summed E-state index contributed by atoms with van der Waals surface area (Å²) in [6, 6.07) is 5.59. The second-order valence-electron chi connectivity index (χ2n) is 5.12. The van der Waals surface area contributed by atoms with Crippen molar-refractivity contribution in [3.63, 3.8) is 0 Å². The van der Waals surface area contributed by atoms with Gasteiger partial charge < -0.3 is 0 Å². The Balaban J connectivity index is 1.84. The summed E-state index contributed by atoms with van der Waals surface area (Å²) in [6.45, 7) is 0. The highest BCUT2D eigenvalue weighted by atomic mass is 79.9. The Kier molecular flexibility index (Phi) is 2.75. The molecule has 1 aromatic rings. The number of hydrogen-bond acceptors (Lipinski definition) is 1. The molecule has 0 spiro atoms. The second kappa shape index (κ2) is 3.97. The lowest BCUT2D eigenvalue weighted by Crippen LogP contribution is -2.46. The highest BCUT2D eigenvalue weighted by Crippen LogP contribution is 2.51. The second-order valence-corrected chi connectivity index (χ2v) is 5.98. The molecule has 1 N–H and O–H groups in total. The van der Waals surface area contributed by atoms with Crippen LogP contribution < -0.4 is 5.32 Å². The largest absolute Gasteiger partial charge is 0.406 e. The van der Waals surface area contributed by atoms with Gasteiger partial charge in [0, 0.05) is 10.5 Å². The zero-order valence-corrected chi connectivity index (χ0v) is 11.2. The average molecular weight is 320 g/mol. The van der Waals surface area contributed by atoms with E-state index in [-0.39, 0.29) is 18.9 Å². The topological polar surface area (TPSA) is 12.0 Å². The quantitative estimate of drug-likeness (QED) is 0.864. The van der Waals surface area contributed by atoms with Crippen LogP contribution in [0.5, 0.6) is 0 Å². The van der Waals surface area contributed by atoms with Crippen LogP contribution in [0.2, 0.25) is 0 Å². The molecule has 1 unspecified atom stereocenters. The molecule has 1 aromatic carbocycles. The van der Waals surface area contributed by atoms with Gasteiger partial charge in [-0.15, -0.1) is 0 Å². The van der Waals surface area contributed by atoms with Gasteiger partial charge in [0.25, 0.3) is 0 Å². The summed E-state index contributed by atoms with van der Waals surface area (Å²) < 4.78 is 39.8. The minimum absolute atomic E-state index is 0.165. The number of hydrogen-bond donors (Lipinski definition) is 1. The Bertz CT molecular complexity index is 480. The first-order chi connectivity index (χ1) is 8.43. The van der Waals surface area contributed by atoms with E-state index >= 15 is 0 Å². The number of fused-ring (bicyclic) bond motifs is 1. The molecule has 5 heteroatoms. The molecule has 0 heterocycles. The number of alkyl halides is 3. The molecule has 1 saturated carbocycles. The lowest BCUT2D eigenvalue weighted by molar-refractivity contribution is -0.168. The first kappa shape index (κ1) is 12.5. The first-order valence-electron chi connectivity index (χ1n) is 6.05. The van der Waals surface area contributed by atoms with Gasteiger partial charge in [-0.1, -0.05) is 28.1 Å². The van der Waals surface area contributed by atoms with E-state index in [1.165, 1.54) is 0 Å². The third-order valence-corrected chi connectivity index (χ3v) is 4.70. The van der Waals surface area contributed by atoms with Gasteiger partial charge in [-0.3, -0.25) is 5.32 Å². The van der Waals surface area contributed by atoms with Gasteiger partial charge in [-0.05, 0) is 42.9 Å². The third kappa shape index (κ3) is 1.88. The molecule has 3 rings (SSSR count). The van der Waals surface area contributed by atoms with E-state index in [0.29, 0.717) is 0 Å². The number of rotatable bonds is 2. The van der Waals surface area contributed by atoms with E-state index in [0.717, 1.165) is 28.4 Å². The number of benzene rings is 1. The Morgan fingerprint density at radius 1 is 1.28 bits per heavy atom. The van der Waals surface area contributed by atoms with Gasteiger partial charge in [-0.25, -0.2) is 0 Å². The van der Waals surface area contributed by atoms with Gasteiger partial charge in [0.05, 0.1) is 0 Å². The molecule has 2 aliphatic rings. The summed E-state index contributed by atoms with van der Waals surface area (Å²) in [7, 11) is 0. The summed E-state index contributed by atoms with van der Waals surface area (Å²) in [4.78, 5) is 0. The van der Waals surface area contributed by atoms with E-state index in [1.807, 2.05) is 18.2 Å². The fourth-order valence-corrected chi connectivity index (χ4v) is 3.31. The lowest BCUT2D eigenvalue weighted by Gasteiger charge is -2.25. The van der Waals surface area contributed by atoms with Crippen LogP contribution in [0, 0.1) is 0 Å². The van der Waals surface area contributed by atoms with E-state index in [2.05, 4.69) is 21.2 Å². The standard InChI is InChI=1S/C13H13BrF3N/c14-10-3-1-2-9-8(10)4-5-11(9)18-12(6-7-12)13(15,16)17/h1-3,11,18H,4-7H2. The van der Waals surface area contributed by atoms with Crippen molar-refractivity contribution >= 4 is 15.9 Å². The Morgan fingerprint density at radius 2 is 2.00 bits per heavy atom. The van der Waals surface area contributed by atoms with Crippen molar-refractivity contribution in [3.8, 4) is 0 Å². The number of halogens is 4. The zero-order chi connectivity index (χ0) is 13.0. The molecule has 1 atom stereocenters. The first-order valence-corrected chi connectivity index (χ1v) is 6.84. The predicted octanol–water partition coefficient (Wildman–Crippen LogP) is 4.12. The zero-order valence-electron chi connectivity index (χ0n) is 9.65. The maximum atomic E-state index is 12.9. The van der Waals surface area contributed by atoms with Gasteiger partial charge in [0.2, 0.25) is 0 Å². The Hall–Kier alpha value is -0.550. The SMILES string of the molecule is FC(F)(F)C1(NC2CCc3c(Br)cccc32)CC1. The molecule has 1 fully saturated rings. The van der Waals surface area contributed by atoms with Crippen LogP contribution >= 0.6 is 15.9 Å². The van der Waals surface area contributed by atoms with Crippen molar-refractivity contribution in [2.24, 2.45) is 0 Å². The third-order valence-electron chi connectivity index (χ3n) is 3.96. The number of nitrogens with one attached hydrogen (secondary N) is 1. The molecular weight excluding hydrogens is 307 g/mol. The van der Waals surface area contributed by atoms with Crippen LogP contribution in [-0.4, -0.2) is 11.7 Å². The lowest BCUT2D eigenvalue weighted by atomic mass is 10.1. The van der Waals surface area contributed by atoms with Crippen LogP contribution in [0.3, 0.4) is 0 Å². The van der Waals surface area contributed by atoms with Crippen LogP contribution in [-0.2, 0) is 6.42 Å². The maximum absolute atomic E-state index is 12.9. The van der Waals surface area contributed by atoms with E-state index < -0.39 is 11.7 Å². The molecule has 0 radical (unpaired) electrons. The fraction of sp³-hybridized carbons (Fsp3) is 0.538. The van der Waals surface area contributed by atoms with Crippen LogP contribution in [0.4, 0.5) is 13.2 Å². The molecule has 0 bridgehead atoms. The van der Waals surface area contributed by atoms with Crippen LogP contribution in [0.25, 0.3) is 0 Å². The summed E-state index contributed by atoms with van der Waals surface area (Å²) in [6.07, 6.45) is -2.15. The molecule has 0 amide bonds. The van der Waals surface area contributed by atoms with Crippen molar-refractivity contribution in [2.75, 3.05) is 0 Å². The molecule has 0 aromatic heterocycles. The maximum Gasteiger partial charge on any atom is 0.406 e. The predicted molar refractivity (Wildman–Crippen MR) is 66.4 cm³/mol. The average Bonchev–Trinajstić information content (AvgIpc) is 2.96. The Morgan fingerprint density at radius 3 is 2.61 bits per heavy atom. The summed E-state index contributed by atoms with van der Waals surface area (Å²) in [5, 5.41) is 2.84. The van der Waals surface area contributed by atoms with Crippen molar-refractivity contribution in [1.29, 1.82) is 0 Å². The normalized spacial score (nSPS) is 25.0. The molecule has 18 heavy (non-hydrogen) atoms. The van der Waals surface area contributed by atoms with Crippen LogP contribution in [0.15, 0.2) is 22.7 Å². The van der Waals surface area contributed by atoms with E-state index in [9.17, 15) is 13.2 Å². The molecule has 0 saturated heterocycles.